The minimum Gasteiger partial charge on any atom is -0.481 e. The molecule has 1 unspecified atom stereocenters. The first-order chi connectivity index (χ1) is 15.5. The summed E-state index contributed by atoms with van der Waals surface area (Å²) >= 11 is 0. The van der Waals surface area contributed by atoms with Crippen molar-refractivity contribution in [3.8, 4) is 11.1 Å². The van der Waals surface area contributed by atoms with Crippen LogP contribution in [0, 0.1) is 10.1 Å². The molecule has 0 aromatic heterocycles. The number of aliphatic carboxylic acids is 1. The molecule has 1 atom stereocenters. The molecule has 1 aliphatic carbocycles. The second kappa shape index (κ2) is 8.89. The molecule has 0 saturated carbocycles. The van der Waals surface area contributed by atoms with Crippen LogP contribution in [-0.4, -0.2) is 28.7 Å². The number of hydrogen-bond acceptors (Lipinski definition) is 5. The summed E-state index contributed by atoms with van der Waals surface area (Å²) < 4.78 is 5.46. The lowest BCUT2D eigenvalue weighted by Crippen LogP contribution is -2.32. The van der Waals surface area contributed by atoms with Gasteiger partial charge in [0.15, 0.2) is 0 Å². The minimum atomic E-state index is -1.20. The molecule has 0 fully saturated rings. The molecule has 8 heteroatoms. The number of carbonyl (C=O) groups excluding carboxylic acids is 1. The van der Waals surface area contributed by atoms with Gasteiger partial charge in [0.25, 0.3) is 5.69 Å². The van der Waals surface area contributed by atoms with Crippen LogP contribution < -0.4 is 5.32 Å². The molecule has 3 aromatic rings. The van der Waals surface area contributed by atoms with Crippen LogP contribution in [0.15, 0.2) is 72.8 Å². The van der Waals surface area contributed by atoms with E-state index in [0.29, 0.717) is 0 Å². The quantitative estimate of drug-likeness (QED) is 0.318. The van der Waals surface area contributed by atoms with Gasteiger partial charge in [0.1, 0.15) is 6.61 Å². The molecular weight excluding hydrogens is 413 g/mol. The number of nitrogens with zero attached hydrogens (tertiary/aromatic N) is 1. The number of amides is 1. The Morgan fingerprint density at radius 3 is 2.12 bits per heavy atom. The highest BCUT2D eigenvalue weighted by Gasteiger charge is 2.30. The zero-order valence-corrected chi connectivity index (χ0v) is 16.9. The fraction of sp³-hybridized carbons (Fsp3) is 0.167. The molecule has 32 heavy (non-hydrogen) atoms. The lowest BCUT2D eigenvalue weighted by Gasteiger charge is -2.19. The maximum atomic E-state index is 12.6. The standard InChI is InChI=1S/C24H20N2O6/c27-23(28)13-21(19-11-5-6-12-22(19)26(30)31)25-24(29)32-14-20-17-9-3-1-7-15(17)16-8-2-4-10-18(16)20/h1-12,20-21H,13-14H2,(H,25,29)(H,27,28)/i25+1. The number of para-hydroxylation sites is 1. The van der Waals surface area contributed by atoms with Crippen LogP contribution in [0.2, 0.25) is 0 Å². The van der Waals surface area contributed by atoms with E-state index in [1.54, 1.807) is 6.07 Å². The summed E-state index contributed by atoms with van der Waals surface area (Å²) in [6, 6.07) is 20.4. The Morgan fingerprint density at radius 1 is 0.969 bits per heavy atom. The smallest absolute Gasteiger partial charge is 0.407 e. The molecule has 0 spiro atoms. The van der Waals surface area contributed by atoms with E-state index in [9.17, 15) is 24.8 Å². The summed E-state index contributed by atoms with van der Waals surface area (Å²) in [4.78, 5) is 34.6. The summed E-state index contributed by atoms with van der Waals surface area (Å²) in [5.41, 5.74) is 4.09. The fourth-order valence-electron chi connectivity index (χ4n) is 4.14. The molecule has 2 N–H and O–H groups in total. The van der Waals surface area contributed by atoms with Crippen molar-refractivity contribution < 1.29 is 24.4 Å². The van der Waals surface area contributed by atoms with Gasteiger partial charge in [-0.15, -0.1) is 0 Å². The summed E-state index contributed by atoms with van der Waals surface area (Å²) in [5.74, 6) is -1.36. The summed E-state index contributed by atoms with van der Waals surface area (Å²) in [6.45, 7) is 0.0521. The van der Waals surface area contributed by atoms with Gasteiger partial charge in [0.05, 0.1) is 22.9 Å². The van der Waals surface area contributed by atoms with Crippen LogP contribution in [0.5, 0.6) is 0 Å². The van der Waals surface area contributed by atoms with Crippen molar-refractivity contribution in [2.45, 2.75) is 18.4 Å². The van der Waals surface area contributed by atoms with E-state index >= 15 is 0 Å². The molecule has 3 aromatic carbocycles. The average molecular weight is 433 g/mol. The Bertz CT molecular complexity index is 1150. The van der Waals surface area contributed by atoms with Crippen molar-refractivity contribution in [2.75, 3.05) is 6.61 Å². The number of benzene rings is 3. The third kappa shape index (κ3) is 4.15. The first-order valence-corrected chi connectivity index (χ1v) is 10.0. The van der Waals surface area contributed by atoms with Gasteiger partial charge >= 0.3 is 12.1 Å². The van der Waals surface area contributed by atoms with E-state index in [2.05, 4.69) is 5.32 Å². The Kier molecular flexibility index (Phi) is 5.85. The van der Waals surface area contributed by atoms with Crippen molar-refractivity contribution in [3.05, 3.63) is 99.6 Å². The van der Waals surface area contributed by atoms with Crippen molar-refractivity contribution >= 4 is 17.7 Å². The molecule has 0 saturated heterocycles. The highest BCUT2D eigenvalue weighted by atomic mass is 16.6. The fourth-order valence-corrected chi connectivity index (χ4v) is 4.14. The Labute approximate surface area is 183 Å². The van der Waals surface area contributed by atoms with E-state index in [1.807, 2.05) is 48.5 Å². The number of rotatable bonds is 7. The first kappa shape index (κ1) is 21.0. The monoisotopic (exact) mass is 433 g/mol. The first-order valence-electron chi connectivity index (χ1n) is 10.0. The zero-order chi connectivity index (χ0) is 22.7. The molecule has 162 valence electrons. The van der Waals surface area contributed by atoms with Crippen LogP contribution in [0.1, 0.15) is 35.1 Å². The number of nitrogens with one attached hydrogen (secondary N) is 1. The number of nitro benzene ring substituents is 1. The number of carboxylic acid groups (broad SMARTS) is 1. The summed E-state index contributed by atoms with van der Waals surface area (Å²) in [7, 11) is 0. The number of fused-ring (bicyclic) bond motifs is 3. The number of carbonyl (C=O) groups is 2. The van der Waals surface area contributed by atoms with Gasteiger partial charge in [0, 0.05) is 12.0 Å². The second-order valence-electron chi connectivity index (χ2n) is 7.44. The van der Waals surface area contributed by atoms with Crippen molar-refractivity contribution in [3.63, 3.8) is 0 Å². The summed E-state index contributed by atoms with van der Waals surface area (Å²) in [6.07, 6.45) is -1.36. The van der Waals surface area contributed by atoms with Crippen LogP contribution in [0.25, 0.3) is 11.1 Å². The van der Waals surface area contributed by atoms with E-state index < -0.39 is 29.4 Å². The van der Waals surface area contributed by atoms with Gasteiger partial charge in [-0.3, -0.25) is 14.9 Å². The molecule has 0 aliphatic heterocycles. The van der Waals surface area contributed by atoms with Crippen LogP contribution in [-0.2, 0) is 9.53 Å². The maximum absolute atomic E-state index is 12.6. The molecule has 0 bridgehead atoms. The second-order valence-corrected chi connectivity index (χ2v) is 7.44. The van der Waals surface area contributed by atoms with Gasteiger partial charge in [0.2, 0.25) is 0 Å². The number of nitro groups is 1. The van der Waals surface area contributed by atoms with Crippen molar-refractivity contribution in [2.24, 2.45) is 0 Å². The van der Waals surface area contributed by atoms with Gasteiger partial charge in [-0.2, -0.15) is 0 Å². The molecule has 0 heterocycles. The number of alkyl carbamates (subject to hydrolysis) is 1. The molecular formula is C24H20N2O6. The third-order valence-corrected chi connectivity index (χ3v) is 5.52. The lowest BCUT2D eigenvalue weighted by molar-refractivity contribution is -0.385. The highest BCUT2D eigenvalue weighted by molar-refractivity contribution is 5.79. The topological polar surface area (TPSA) is 119 Å². The Balaban J connectivity index is 1.52. The Morgan fingerprint density at radius 2 is 1.53 bits per heavy atom. The maximum Gasteiger partial charge on any atom is 0.407 e. The predicted molar refractivity (Wildman–Crippen MR) is 116 cm³/mol. The minimum absolute atomic E-state index is 0.0521. The number of hydrogen-bond donors (Lipinski definition) is 2. The van der Waals surface area contributed by atoms with Crippen molar-refractivity contribution in [1.82, 2.24) is 5.32 Å². The van der Waals surface area contributed by atoms with Gasteiger partial charge in [-0.05, 0) is 22.3 Å². The third-order valence-electron chi connectivity index (χ3n) is 5.52. The van der Waals surface area contributed by atoms with Crippen LogP contribution in [0.3, 0.4) is 0 Å². The van der Waals surface area contributed by atoms with E-state index in [1.165, 1.54) is 18.2 Å². The SMILES string of the molecule is O=C(O)CC([15NH]C(=O)OCC1c2ccccc2-c2ccccc21)c1ccccc1[N+](=O)[O-]. The molecule has 1 aliphatic rings. The van der Waals surface area contributed by atoms with Gasteiger partial charge < -0.3 is 15.2 Å². The lowest BCUT2D eigenvalue weighted by atomic mass is 9.98. The molecule has 8 nitrogen and oxygen atoms in total. The number of carboxylic acids is 1. The van der Waals surface area contributed by atoms with E-state index in [4.69, 9.17) is 4.74 Å². The largest absolute Gasteiger partial charge is 0.481 e. The van der Waals surface area contributed by atoms with Crippen LogP contribution >= 0.6 is 0 Å². The molecule has 0 radical (unpaired) electrons. The van der Waals surface area contributed by atoms with Crippen LogP contribution in [0.4, 0.5) is 10.5 Å². The normalized spacial score (nSPS) is 13.0. The predicted octanol–water partition coefficient (Wildman–Crippen LogP) is 4.65. The molecule has 1 amide bonds. The van der Waals surface area contributed by atoms with Gasteiger partial charge in [-0.1, -0.05) is 66.7 Å². The highest BCUT2D eigenvalue weighted by Crippen LogP contribution is 2.44. The van der Waals surface area contributed by atoms with E-state index in [-0.39, 0.29) is 23.8 Å². The molecule has 4 rings (SSSR count). The number of ether oxygens (including phenoxy) is 1. The van der Waals surface area contributed by atoms with E-state index in [0.717, 1.165) is 22.3 Å². The summed E-state index contributed by atoms with van der Waals surface area (Å²) in [5, 5.41) is 23.1. The van der Waals surface area contributed by atoms with Gasteiger partial charge in [-0.25, -0.2) is 4.79 Å². The Hall–Kier alpha value is -4.20. The van der Waals surface area contributed by atoms with Crippen molar-refractivity contribution in [1.29, 1.82) is 0 Å². The average Bonchev–Trinajstić information content (AvgIpc) is 3.11. The zero-order valence-electron chi connectivity index (χ0n) is 16.9.